The normalized spacial score (nSPS) is 10.7. The van der Waals surface area contributed by atoms with Gasteiger partial charge in [-0.3, -0.25) is 0 Å². The minimum Gasteiger partial charge on any atom is -0.489 e. The topological polar surface area (TPSA) is 59.7 Å². The molecule has 0 amide bonds. The van der Waals surface area contributed by atoms with Crippen LogP contribution in [0.25, 0.3) is 11.0 Å². The highest BCUT2D eigenvalue weighted by molar-refractivity contribution is 9.10. The third-order valence-electron chi connectivity index (χ3n) is 3.01. The molecule has 0 atom stereocenters. The first-order valence-corrected chi connectivity index (χ1v) is 7.05. The summed E-state index contributed by atoms with van der Waals surface area (Å²) < 4.78 is 11.9. The summed E-state index contributed by atoms with van der Waals surface area (Å²) in [5.41, 5.74) is 1.50. The van der Waals surface area contributed by atoms with Gasteiger partial charge in [0.15, 0.2) is 0 Å². The number of benzene rings is 2. The molecular formula is C16H11BrO4. The Balaban J connectivity index is 1.77. The molecule has 106 valence electrons. The van der Waals surface area contributed by atoms with Crippen molar-refractivity contribution in [1.29, 1.82) is 0 Å². The van der Waals surface area contributed by atoms with Crippen molar-refractivity contribution < 1.29 is 19.1 Å². The summed E-state index contributed by atoms with van der Waals surface area (Å²) in [6, 6.07) is 14.6. The molecule has 0 saturated heterocycles. The monoisotopic (exact) mass is 346 g/mol. The molecular weight excluding hydrogens is 336 g/mol. The van der Waals surface area contributed by atoms with Crippen LogP contribution in [0.4, 0.5) is 0 Å². The van der Waals surface area contributed by atoms with Gasteiger partial charge in [0.05, 0.1) is 0 Å². The van der Waals surface area contributed by atoms with E-state index in [1.54, 1.807) is 6.07 Å². The molecule has 0 aliphatic carbocycles. The smallest absolute Gasteiger partial charge is 0.371 e. The highest BCUT2D eigenvalue weighted by Gasteiger charge is 2.10. The first-order chi connectivity index (χ1) is 10.1. The van der Waals surface area contributed by atoms with Crippen LogP contribution in [0.5, 0.6) is 5.75 Å². The molecule has 0 aliphatic heterocycles. The van der Waals surface area contributed by atoms with Gasteiger partial charge >= 0.3 is 5.97 Å². The van der Waals surface area contributed by atoms with Crippen LogP contribution < -0.4 is 4.74 Å². The second kappa shape index (κ2) is 5.61. The molecule has 5 heteroatoms. The van der Waals surface area contributed by atoms with E-state index in [1.807, 2.05) is 36.4 Å². The zero-order valence-electron chi connectivity index (χ0n) is 10.9. The van der Waals surface area contributed by atoms with Gasteiger partial charge in [-0.05, 0) is 48.0 Å². The van der Waals surface area contributed by atoms with Gasteiger partial charge in [-0.2, -0.15) is 0 Å². The van der Waals surface area contributed by atoms with Crippen molar-refractivity contribution >= 4 is 32.9 Å². The Morgan fingerprint density at radius 1 is 1.14 bits per heavy atom. The maximum atomic E-state index is 10.9. The average molecular weight is 347 g/mol. The van der Waals surface area contributed by atoms with Crippen LogP contribution in [-0.2, 0) is 6.61 Å². The number of rotatable bonds is 4. The second-order valence-electron chi connectivity index (χ2n) is 4.53. The van der Waals surface area contributed by atoms with Gasteiger partial charge in [0.2, 0.25) is 5.76 Å². The predicted molar refractivity (Wildman–Crippen MR) is 81.6 cm³/mol. The minimum atomic E-state index is -1.07. The fraction of sp³-hybridized carbons (Fsp3) is 0.0625. The summed E-state index contributed by atoms with van der Waals surface area (Å²) >= 11 is 3.37. The number of fused-ring (bicyclic) bond motifs is 1. The zero-order chi connectivity index (χ0) is 14.8. The van der Waals surface area contributed by atoms with E-state index < -0.39 is 5.97 Å². The Morgan fingerprint density at radius 3 is 2.62 bits per heavy atom. The van der Waals surface area contributed by atoms with Crippen LogP contribution in [0.2, 0.25) is 0 Å². The molecule has 0 saturated carbocycles. The van der Waals surface area contributed by atoms with Crippen LogP contribution in [-0.4, -0.2) is 11.1 Å². The van der Waals surface area contributed by atoms with Crippen LogP contribution in [0.1, 0.15) is 16.1 Å². The van der Waals surface area contributed by atoms with Gasteiger partial charge in [0, 0.05) is 9.86 Å². The summed E-state index contributed by atoms with van der Waals surface area (Å²) in [6.07, 6.45) is 0. The van der Waals surface area contributed by atoms with Crippen LogP contribution in [0.15, 0.2) is 57.4 Å². The van der Waals surface area contributed by atoms with Gasteiger partial charge in [-0.25, -0.2) is 4.79 Å². The highest BCUT2D eigenvalue weighted by atomic mass is 79.9. The second-order valence-corrected chi connectivity index (χ2v) is 5.45. The first-order valence-electron chi connectivity index (χ1n) is 6.26. The Bertz CT molecular complexity index is 790. The van der Waals surface area contributed by atoms with Gasteiger partial charge in [-0.1, -0.05) is 22.0 Å². The fourth-order valence-electron chi connectivity index (χ4n) is 1.99. The SMILES string of the molecule is O=C(O)c1cc2cc(COc3ccc(Br)cc3)ccc2o1. The third kappa shape index (κ3) is 3.08. The van der Waals surface area contributed by atoms with E-state index in [-0.39, 0.29) is 5.76 Å². The number of carboxylic acids is 1. The van der Waals surface area contributed by atoms with E-state index in [1.165, 1.54) is 6.07 Å². The van der Waals surface area contributed by atoms with Crippen molar-refractivity contribution in [1.82, 2.24) is 0 Å². The Labute approximate surface area is 129 Å². The molecule has 1 N–H and O–H groups in total. The summed E-state index contributed by atoms with van der Waals surface area (Å²) in [4.78, 5) is 10.9. The number of carbonyl (C=O) groups is 1. The molecule has 1 aromatic heterocycles. The van der Waals surface area contributed by atoms with E-state index in [2.05, 4.69) is 15.9 Å². The lowest BCUT2D eigenvalue weighted by molar-refractivity contribution is 0.0665. The number of hydrogen-bond acceptors (Lipinski definition) is 3. The maximum absolute atomic E-state index is 10.9. The molecule has 0 bridgehead atoms. The molecule has 0 unspecified atom stereocenters. The number of aromatic carboxylic acids is 1. The van der Waals surface area contributed by atoms with E-state index in [0.717, 1.165) is 21.2 Å². The van der Waals surface area contributed by atoms with Crippen molar-refractivity contribution in [2.75, 3.05) is 0 Å². The van der Waals surface area contributed by atoms with Crippen molar-refractivity contribution in [3.63, 3.8) is 0 Å². The lowest BCUT2D eigenvalue weighted by Crippen LogP contribution is -1.94. The average Bonchev–Trinajstić information content (AvgIpc) is 2.90. The van der Waals surface area contributed by atoms with Gasteiger partial charge in [0.1, 0.15) is 17.9 Å². The molecule has 0 aliphatic rings. The van der Waals surface area contributed by atoms with Gasteiger partial charge < -0.3 is 14.3 Å². The molecule has 2 aromatic carbocycles. The highest BCUT2D eigenvalue weighted by Crippen LogP contribution is 2.22. The van der Waals surface area contributed by atoms with E-state index >= 15 is 0 Å². The largest absolute Gasteiger partial charge is 0.489 e. The summed E-state index contributed by atoms with van der Waals surface area (Å²) in [6.45, 7) is 0.408. The lowest BCUT2D eigenvalue weighted by Gasteiger charge is -2.06. The number of carboxylic acid groups (broad SMARTS) is 1. The lowest BCUT2D eigenvalue weighted by atomic mass is 10.1. The van der Waals surface area contributed by atoms with Crippen molar-refractivity contribution in [2.24, 2.45) is 0 Å². The number of ether oxygens (including phenoxy) is 1. The molecule has 3 aromatic rings. The van der Waals surface area contributed by atoms with Crippen LogP contribution >= 0.6 is 15.9 Å². The summed E-state index contributed by atoms with van der Waals surface area (Å²) in [7, 11) is 0. The molecule has 0 fully saturated rings. The number of halogens is 1. The van der Waals surface area contributed by atoms with Gasteiger partial charge in [0.25, 0.3) is 0 Å². The summed E-state index contributed by atoms with van der Waals surface area (Å²) in [5.74, 6) is -0.355. The fourth-order valence-corrected chi connectivity index (χ4v) is 2.25. The Kier molecular flexibility index (Phi) is 3.66. The first kappa shape index (κ1) is 13.7. The van der Waals surface area contributed by atoms with E-state index in [0.29, 0.717) is 12.2 Å². The van der Waals surface area contributed by atoms with Crippen molar-refractivity contribution in [2.45, 2.75) is 6.61 Å². The molecule has 3 rings (SSSR count). The van der Waals surface area contributed by atoms with E-state index in [4.69, 9.17) is 14.3 Å². The van der Waals surface area contributed by atoms with Crippen LogP contribution in [0, 0.1) is 0 Å². The van der Waals surface area contributed by atoms with Crippen molar-refractivity contribution in [3.05, 3.63) is 64.3 Å². The molecule has 4 nitrogen and oxygen atoms in total. The third-order valence-corrected chi connectivity index (χ3v) is 3.54. The molecule has 21 heavy (non-hydrogen) atoms. The van der Waals surface area contributed by atoms with Crippen molar-refractivity contribution in [3.8, 4) is 5.75 Å². The Morgan fingerprint density at radius 2 is 1.90 bits per heavy atom. The minimum absolute atomic E-state index is 0.0593. The summed E-state index contributed by atoms with van der Waals surface area (Å²) in [5, 5.41) is 9.66. The standard InChI is InChI=1S/C16H11BrO4/c17-12-2-4-13(5-3-12)20-9-10-1-6-14-11(7-10)8-15(21-14)16(18)19/h1-8H,9H2,(H,18,19). The number of hydrogen-bond donors (Lipinski definition) is 1. The number of furan rings is 1. The Hall–Kier alpha value is -2.27. The van der Waals surface area contributed by atoms with E-state index in [9.17, 15) is 4.79 Å². The molecule has 1 heterocycles. The quantitative estimate of drug-likeness (QED) is 0.756. The molecule has 0 radical (unpaired) electrons. The maximum Gasteiger partial charge on any atom is 0.371 e. The molecule has 0 spiro atoms. The van der Waals surface area contributed by atoms with Gasteiger partial charge in [-0.15, -0.1) is 0 Å². The zero-order valence-corrected chi connectivity index (χ0v) is 12.5. The van der Waals surface area contributed by atoms with Crippen LogP contribution in [0.3, 0.4) is 0 Å². The predicted octanol–water partition coefficient (Wildman–Crippen LogP) is 4.47.